The van der Waals surface area contributed by atoms with Crippen molar-refractivity contribution in [1.82, 2.24) is 15.2 Å². The van der Waals surface area contributed by atoms with Crippen LogP contribution < -0.4 is 11.1 Å². The van der Waals surface area contributed by atoms with Crippen molar-refractivity contribution < 1.29 is 9.59 Å². The number of benzene rings is 1. The molecule has 0 radical (unpaired) electrons. The van der Waals surface area contributed by atoms with Crippen LogP contribution in [0.15, 0.2) is 24.4 Å². The van der Waals surface area contributed by atoms with Crippen LogP contribution in [0.1, 0.15) is 17.3 Å². The van der Waals surface area contributed by atoms with Crippen molar-refractivity contribution in [2.24, 2.45) is 0 Å². The van der Waals surface area contributed by atoms with Crippen molar-refractivity contribution in [2.75, 3.05) is 25.9 Å². The fourth-order valence-corrected chi connectivity index (χ4v) is 2.07. The summed E-state index contributed by atoms with van der Waals surface area (Å²) in [4.78, 5) is 28.4. The van der Waals surface area contributed by atoms with Crippen LogP contribution in [0, 0.1) is 0 Å². The third-order valence-corrected chi connectivity index (χ3v) is 3.22. The Balaban J connectivity index is 2.32. The first-order chi connectivity index (χ1) is 9.56. The molecule has 1 aromatic carbocycles. The van der Waals surface area contributed by atoms with Crippen LogP contribution in [-0.2, 0) is 4.79 Å². The summed E-state index contributed by atoms with van der Waals surface area (Å²) in [7, 11) is 1.55. The van der Waals surface area contributed by atoms with Gasteiger partial charge in [0.2, 0.25) is 5.91 Å². The highest BCUT2D eigenvalue weighted by molar-refractivity contribution is 6.07. The number of nitrogens with two attached hydrogens (primary N) is 1. The Morgan fingerprint density at radius 1 is 1.40 bits per heavy atom. The Labute approximate surface area is 116 Å². The molecule has 0 saturated carbocycles. The van der Waals surface area contributed by atoms with Crippen LogP contribution in [0.4, 0.5) is 5.69 Å². The monoisotopic (exact) mass is 274 g/mol. The lowest BCUT2D eigenvalue weighted by atomic mass is 10.1. The molecule has 4 N–H and O–H groups in total. The van der Waals surface area contributed by atoms with E-state index in [9.17, 15) is 9.59 Å². The zero-order chi connectivity index (χ0) is 14.7. The third-order valence-electron chi connectivity index (χ3n) is 3.22. The van der Waals surface area contributed by atoms with Gasteiger partial charge in [-0.3, -0.25) is 9.59 Å². The molecule has 6 nitrogen and oxygen atoms in total. The molecule has 0 unspecified atom stereocenters. The molecule has 0 saturated heterocycles. The molecule has 0 aliphatic heterocycles. The minimum absolute atomic E-state index is 0.0491. The average molecular weight is 274 g/mol. The number of nitrogens with zero attached hydrogens (tertiary/aromatic N) is 1. The lowest BCUT2D eigenvalue weighted by Gasteiger charge is -2.19. The van der Waals surface area contributed by atoms with Gasteiger partial charge in [0.1, 0.15) is 0 Å². The molecule has 106 valence electrons. The number of amides is 2. The van der Waals surface area contributed by atoms with E-state index >= 15 is 0 Å². The van der Waals surface area contributed by atoms with E-state index in [1.54, 1.807) is 25.4 Å². The summed E-state index contributed by atoms with van der Waals surface area (Å²) in [5, 5.41) is 3.32. The molecule has 0 fully saturated rings. The smallest absolute Gasteiger partial charge is 0.256 e. The fourth-order valence-electron chi connectivity index (χ4n) is 2.07. The number of carbonyl (C=O) groups is 2. The van der Waals surface area contributed by atoms with Gasteiger partial charge in [-0.05, 0) is 25.1 Å². The van der Waals surface area contributed by atoms with E-state index in [1.807, 2.05) is 13.0 Å². The molecule has 0 spiro atoms. The topological polar surface area (TPSA) is 91.2 Å². The van der Waals surface area contributed by atoms with Crippen LogP contribution in [-0.4, -0.2) is 41.8 Å². The molecule has 2 rings (SSSR count). The van der Waals surface area contributed by atoms with Crippen molar-refractivity contribution in [3.63, 3.8) is 0 Å². The molecule has 6 heteroatoms. The van der Waals surface area contributed by atoms with Crippen LogP contribution in [0.25, 0.3) is 10.9 Å². The van der Waals surface area contributed by atoms with Gasteiger partial charge in [-0.1, -0.05) is 0 Å². The normalized spacial score (nSPS) is 10.5. The van der Waals surface area contributed by atoms with Crippen molar-refractivity contribution in [3.8, 4) is 0 Å². The van der Waals surface area contributed by atoms with Gasteiger partial charge in [-0.15, -0.1) is 0 Å². The highest BCUT2D eigenvalue weighted by atomic mass is 16.2. The van der Waals surface area contributed by atoms with E-state index in [1.165, 1.54) is 4.90 Å². The van der Waals surface area contributed by atoms with Gasteiger partial charge in [0.05, 0.1) is 12.1 Å². The largest absolute Gasteiger partial charge is 0.399 e. The van der Waals surface area contributed by atoms with Gasteiger partial charge in [-0.25, -0.2) is 0 Å². The molecule has 1 aromatic heterocycles. The Morgan fingerprint density at radius 3 is 2.80 bits per heavy atom. The Bertz CT molecular complexity index is 648. The zero-order valence-electron chi connectivity index (χ0n) is 11.6. The summed E-state index contributed by atoms with van der Waals surface area (Å²) in [6.07, 6.45) is 1.65. The van der Waals surface area contributed by atoms with Gasteiger partial charge >= 0.3 is 0 Å². The van der Waals surface area contributed by atoms with Crippen LogP contribution in [0.2, 0.25) is 0 Å². The van der Waals surface area contributed by atoms with Crippen molar-refractivity contribution >= 4 is 28.4 Å². The predicted molar refractivity (Wildman–Crippen MR) is 78.4 cm³/mol. The second-order valence-electron chi connectivity index (χ2n) is 4.50. The first kappa shape index (κ1) is 13.9. The number of anilines is 1. The van der Waals surface area contributed by atoms with E-state index in [2.05, 4.69) is 10.3 Å². The zero-order valence-corrected chi connectivity index (χ0v) is 11.6. The minimum Gasteiger partial charge on any atom is -0.399 e. The molecular formula is C14H18N4O2. The number of aromatic amines is 1. The highest BCUT2D eigenvalue weighted by Gasteiger charge is 2.19. The van der Waals surface area contributed by atoms with Gasteiger partial charge in [0.25, 0.3) is 5.91 Å². The van der Waals surface area contributed by atoms with E-state index in [4.69, 9.17) is 5.73 Å². The molecule has 0 atom stereocenters. The second-order valence-corrected chi connectivity index (χ2v) is 4.50. The number of nitrogen functional groups attached to an aromatic ring is 1. The van der Waals surface area contributed by atoms with Crippen LogP contribution >= 0.6 is 0 Å². The molecule has 20 heavy (non-hydrogen) atoms. The highest BCUT2D eigenvalue weighted by Crippen LogP contribution is 2.21. The Morgan fingerprint density at radius 2 is 2.15 bits per heavy atom. The van der Waals surface area contributed by atoms with E-state index in [0.717, 1.165) is 10.9 Å². The third kappa shape index (κ3) is 2.59. The summed E-state index contributed by atoms with van der Waals surface area (Å²) >= 11 is 0. The summed E-state index contributed by atoms with van der Waals surface area (Å²) in [5.74, 6) is -0.364. The predicted octanol–water partition coefficient (Wildman–Crippen LogP) is 0.958. The number of fused-ring (bicyclic) bond motifs is 1. The molecule has 2 amide bonds. The number of aromatic nitrogens is 1. The van der Waals surface area contributed by atoms with Crippen molar-refractivity contribution in [1.29, 1.82) is 0 Å². The lowest BCUT2D eigenvalue weighted by Crippen LogP contribution is -2.39. The SMILES string of the molecule is CCN(CC(=O)NC)C(=O)c1c[nH]c2cc(N)ccc12. The number of hydrogen-bond acceptors (Lipinski definition) is 3. The fraction of sp³-hybridized carbons (Fsp3) is 0.286. The van der Waals surface area contributed by atoms with Gasteiger partial charge in [0.15, 0.2) is 0 Å². The van der Waals surface area contributed by atoms with Gasteiger partial charge < -0.3 is 20.9 Å². The summed E-state index contributed by atoms with van der Waals surface area (Å²) in [6, 6.07) is 5.34. The molecule has 0 aliphatic rings. The van der Waals surface area contributed by atoms with Crippen LogP contribution in [0.5, 0.6) is 0 Å². The van der Waals surface area contributed by atoms with Crippen LogP contribution in [0.3, 0.4) is 0 Å². The number of rotatable bonds is 4. The minimum atomic E-state index is -0.190. The Kier molecular flexibility index (Phi) is 3.93. The molecule has 2 aromatic rings. The molecule has 0 aliphatic carbocycles. The number of nitrogens with one attached hydrogen (secondary N) is 2. The standard InChI is InChI=1S/C14H18N4O2/c1-3-18(8-13(19)16-2)14(20)11-7-17-12-6-9(15)4-5-10(11)12/h4-7,17H,3,8,15H2,1-2H3,(H,16,19). The summed E-state index contributed by atoms with van der Waals surface area (Å²) in [6.45, 7) is 2.36. The van der Waals surface area contributed by atoms with E-state index in [0.29, 0.717) is 17.8 Å². The average Bonchev–Trinajstić information content (AvgIpc) is 2.86. The summed E-state index contributed by atoms with van der Waals surface area (Å²) in [5.41, 5.74) is 7.70. The quantitative estimate of drug-likeness (QED) is 0.725. The van der Waals surface area contributed by atoms with Gasteiger partial charge in [0, 0.05) is 36.4 Å². The molecule has 0 bridgehead atoms. The number of carbonyl (C=O) groups excluding carboxylic acids is 2. The first-order valence-electron chi connectivity index (χ1n) is 6.43. The number of hydrogen-bond donors (Lipinski definition) is 3. The maximum atomic E-state index is 12.5. The van der Waals surface area contributed by atoms with Gasteiger partial charge in [-0.2, -0.15) is 0 Å². The van der Waals surface area contributed by atoms with E-state index in [-0.39, 0.29) is 18.4 Å². The van der Waals surface area contributed by atoms with E-state index < -0.39 is 0 Å². The first-order valence-corrected chi connectivity index (χ1v) is 6.43. The Hall–Kier alpha value is -2.50. The maximum absolute atomic E-state index is 12.5. The lowest BCUT2D eigenvalue weighted by molar-refractivity contribution is -0.121. The van der Waals surface area contributed by atoms with Crippen molar-refractivity contribution in [3.05, 3.63) is 30.0 Å². The van der Waals surface area contributed by atoms with Crippen molar-refractivity contribution in [2.45, 2.75) is 6.92 Å². The molecule has 1 heterocycles. The number of likely N-dealkylation sites (N-methyl/N-ethyl adjacent to an activating group) is 2. The molecular weight excluding hydrogens is 256 g/mol. The summed E-state index contributed by atoms with van der Waals surface area (Å²) < 4.78 is 0. The number of H-pyrrole nitrogens is 1. The second kappa shape index (κ2) is 5.64. The maximum Gasteiger partial charge on any atom is 0.256 e.